The Morgan fingerprint density at radius 3 is 2.50 bits per heavy atom. The van der Waals surface area contributed by atoms with Crippen LogP contribution in [0.5, 0.6) is 0 Å². The number of rotatable bonds is 6. The lowest BCUT2D eigenvalue weighted by Crippen LogP contribution is -2.40. The molecule has 1 nitrogen and oxygen atoms in total. The molecule has 1 saturated carbocycles. The fraction of sp³-hybridized carbons (Fsp3) is 0.667. The molecule has 0 amide bonds. The molecule has 0 aliphatic heterocycles. The van der Waals surface area contributed by atoms with Gasteiger partial charge in [0.1, 0.15) is 0 Å². The first kappa shape index (κ1) is 13.0. The van der Waals surface area contributed by atoms with E-state index in [0.717, 1.165) is 12.8 Å². The van der Waals surface area contributed by atoms with Crippen molar-refractivity contribution in [2.75, 3.05) is 0 Å². The summed E-state index contributed by atoms with van der Waals surface area (Å²) in [7, 11) is 0. The standard InChI is InChI=1S/C15H23N/c1-12(2)6-5-8-15(10-11-16)9-7-14(15)13(3)4/h14H,1,3,5-10H2,2,4H3/t14-,15+/m0/s1. The van der Waals surface area contributed by atoms with Crippen LogP contribution in [-0.2, 0) is 0 Å². The SMILES string of the molecule is C=C(C)CCC[C@]1(CC#N)CC[C@H]1C(=C)C. The number of allylic oxidation sites excluding steroid dienone is 2. The Morgan fingerprint density at radius 1 is 1.44 bits per heavy atom. The lowest BCUT2D eigenvalue weighted by molar-refractivity contribution is 0.0495. The smallest absolute Gasteiger partial charge is 0.0627 e. The highest BCUT2D eigenvalue weighted by atomic mass is 14.5. The van der Waals surface area contributed by atoms with E-state index in [-0.39, 0.29) is 5.41 Å². The Kier molecular flexibility index (Phi) is 4.35. The Hall–Kier alpha value is -1.03. The van der Waals surface area contributed by atoms with Crippen molar-refractivity contribution in [3.63, 3.8) is 0 Å². The van der Waals surface area contributed by atoms with E-state index in [0.29, 0.717) is 12.3 Å². The van der Waals surface area contributed by atoms with Crippen LogP contribution >= 0.6 is 0 Å². The van der Waals surface area contributed by atoms with Crippen LogP contribution < -0.4 is 0 Å². The average molecular weight is 217 g/mol. The Labute approximate surface area is 99.9 Å². The fourth-order valence-electron chi connectivity index (χ4n) is 2.96. The zero-order chi connectivity index (χ0) is 12.2. The van der Waals surface area contributed by atoms with Crippen molar-refractivity contribution in [1.29, 1.82) is 5.26 Å². The van der Waals surface area contributed by atoms with Gasteiger partial charge >= 0.3 is 0 Å². The summed E-state index contributed by atoms with van der Waals surface area (Å²) in [6.45, 7) is 12.2. The predicted octanol–water partition coefficient (Wildman–Crippen LogP) is 4.62. The molecule has 2 atom stereocenters. The molecule has 1 fully saturated rings. The Morgan fingerprint density at radius 2 is 2.12 bits per heavy atom. The zero-order valence-corrected chi connectivity index (χ0v) is 10.7. The third-order valence-corrected chi connectivity index (χ3v) is 3.97. The van der Waals surface area contributed by atoms with Gasteiger partial charge in [0.05, 0.1) is 6.07 Å². The molecule has 0 spiro atoms. The van der Waals surface area contributed by atoms with Crippen molar-refractivity contribution >= 4 is 0 Å². The van der Waals surface area contributed by atoms with Crippen molar-refractivity contribution in [1.82, 2.24) is 0 Å². The maximum absolute atomic E-state index is 8.98. The maximum Gasteiger partial charge on any atom is 0.0627 e. The highest BCUT2D eigenvalue weighted by Crippen LogP contribution is 2.55. The van der Waals surface area contributed by atoms with Crippen molar-refractivity contribution in [3.8, 4) is 6.07 Å². The van der Waals surface area contributed by atoms with Gasteiger partial charge in [-0.2, -0.15) is 5.26 Å². The Bertz CT molecular complexity index is 321. The molecule has 0 unspecified atom stereocenters. The summed E-state index contributed by atoms with van der Waals surface area (Å²) >= 11 is 0. The quantitative estimate of drug-likeness (QED) is 0.595. The van der Waals surface area contributed by atoms with E-state index in [9.17, 15) is 0 Å². The topological polar surface area (TPSA) is 23.8 Å². The average Bonchev–Trinajstić information content (AvgIpc) is 2.13. The third-order valence-electron chi connectivity index (χ3n) is 3.97. The van der Waals surface area contributed by atoms with Gasteiger partial charge in [0, 0.05) is 6.42 Å². The molecule has 1 aliphatic rings. The summed E-state index contributed by atoms with van der Waals surface area (Å²) in [5, 5.41) is 8.98. The summed E-state index contributed by atoms with van der Waals surface area (Å²) < 4.78 is 0. The van der Waals surface area contributed by atoms with E-state index in [1.54, 1.807) is 0 Å². The summed E-state index contributed by atoms with van der Waals surface area (Å²) in [6, 6.07) is 2.37. The van der Waals surface area contributed by atoms with Gasteiger partial charge in [-0.3, -0.25) is 0 Å². The van der Waals surface area contributed by atoms with Crippen molar-refractivity contribution < 1.29 is 0 Å². The van der Waals surface area contributed by atoms with Crippen LogP contribution in [0.15, 0.2) is 24.3 Å². The van der Waals surface area contributed by atoms with Crippen LogP contribution in [0.3, 0.4) is 0 Å². The molecule has 1 aliphatic carbocycles. The summed E-state index contributed by atoms with van der Waals surface area (Å²) in [5.74, 6) is 0.581. The van der Waals surface area contributed by atoms with E-state index >= 15 is 0 Å². The summed E-state index contributed by atoms with van der Waals surface area (Å²) in [6.07, 6.45) is 6.54. The Balaban J connectivity index is 2.57. The van der Waals surface area contributed by atoms with E-state index in [1.165, 1.54) is 30.4 Å². The molecule has 0 aromatic heterocycles. The zero-order valence-electron chi connectivity index (χ0n) is 10.7. The lowest BCUT2D eigenvalue weighted by atomic mass is 9.54. The van der Waals surface area contributed by atoms with Gasteiger partial charge in [-0.25, -0.2) is 0 Å². The molecule has 0 aromatic carbocycles. The van der Waals surface area contributed by atoms with Crippen LogP contribution in [0.1, 0.15) is 52.4 Å². The van der Waals surface area contributed by atoms with Crippen LogP contribution in [0.25, 0.3) is 0 Å². The molecule has 1 rings (SSSR count). The fourth-order valence-corrected chi connectivity index (χ4v) is 2.96. The minimum absolute atomic E-state index is 0.246. The molecular formula is C15H23N. The van der Waals surface area contributed by atoms with Crippen molar-refractivity contribution in [2.24, 2.45) is 11.3 Å². The second kappa shape index (κ2) is 5.34. The van der Waals surface area contributed by atoms with Crippen molar-refractivity contribution in [2.45, 2.75) is 52.4 Å². The van der Waals surface area contributed by atoms with Gasteiger partial charge in [-0.1, -0.05) is 17.7 Å². The van der Waals surface area contributed by atoms with Gasteiger partial charge in [0.25, 0.3) is 0 Å². The van der Waals surface area contributed by atoms with E-state index in [4.69, 9.17) is 5.26 Å². The van der Waals surface area contributed by atoms with Gasteiger partial charge in [-0.05, 0) is 57.3 Å². The second-order valence-corrected chi connectivity index (χ2v) is 5.45. The predicted molar refractivity (Wildman–Crippen MR) is 68.9 cm³/mol. The minimum Gasteiger partial charge on any atom is -0.198 e. The molecule has 0 radical (unpaired) electrons. The van der Waals surface area contributed by atoms with Crippen LogP contribution in [0.2, 0.25) is 0 Å². The summed E-state index contributed by atoms with van der Waals surface area (Å²) in [4.78, 5) is 0. The molecule has 16 heavy (non-hydrogen) atoms. The van der Waals surface area contributed by atoms with Crippen molar-refractivity contribution in [3.05, 3.63) is 24.3 Å². The van der Waals surface area contributed by atoms with E-state index in [2.05, 4.69) is 33.1 Å². The molecule has 0 bridgehead atoms. The molecular weight excluding hydrogens is 194 g/mol. The molecule has 0 aromatic rings. The first-order valence-electron chi connectivity index (χ1n) is 6.18. The minimum atomic E-state index is 0.246. The van der Waals surface area contributed by atoms with Gasteiger partial charge < -0.3 is 0 Å². The number of hydrogen-bond donors (Lipinski definition) is 0. The molecule has 0 N–H and O–H groups in total. The highest BCUT2D eigenvalue weighted by molar-refractivity contribution is 5.13. The molecule has 88 valence electrons. The van der Waals surface area contributed by atoms with E-state index in [1.807, 2.05) is 0 Å². The van der Waals surface area contributed by atoms with Crippen LogP contribution in [0, 0.1) is 22.7 Å². The number of hydrogen-bond acceptors (Lipinski definition) is 1. The normalized spacial score (nSPS) is 27.9. The third kappa shape index (κ3) is 2.76. The summed E-state index contributed by atoms with van der Waals surface area (Å²) in [5.41, 5.74) is 2.76. The number of nitriles is 1. The second-order valence-electron chi connectivity index (χ2n) is 5.45. The lowest BCUT2D eigenvalue weighted by Gasteiger charge is -2.49. The monoisotopic (exact) mass is 217 g/mol. The van der Waals surface area contributed by atoms with Crippen LogP contribution in [0.4, 0.5) is 0 Å². The molecule has 0 heterocycles. The maximum atomic E-state index is 8.98. The highest BCUT2D eigenvalue weighted by Gasteiger charge is 2.45. The first-order chi connectivity index (χ1) is 7.52. The van der Waals surface area contributed by atoms with Gasteiger partial charge in [0.2, 0.25) is 0 Å². The molecule has 1 heteroatoms. The molecule has 0 saturated heterocycles. The van der Waals surface area contributed by atoms with Crippen LogP contribution in [-0.4, -0.2) is 0 Å². The van der Waals surface area contributed by atoms with E-state index < -0.39 is 0 Å². The number of nitrogens with zero attached hydrogens (tertiary/aromatic N) is 1. The first-order valence-corrected chi connectivity index (χ1v) is 6.18. The van der Waals surface area contributed by atoms with Gasteiger partial charge in [0.15, 0.2) is 0 Å². The largest absolute Gasteiger partial charge is 0.198 e. The van der Waals surface area contributed by atoms with Gasteiger partial charge in [-0.15, -0.1) is 6.58 Å².